The summed E-state index contributed by atoms with van der Waals surface area (Å²) in [4.78, 5) is 36.2. The maximum absolute atomic E-state index is 11.3. The molecule has 1 unspecified atom stereocenters. The molecule has 0 bridgehead atoms. The Hall–Kier alpha value is -2.20. The van der Waals surface area contributed by atoms with Gasteiger partial charge in [-0.3, -0.25) is 0 Å². The largest absolute Gasteiger partial charge is 0.417 e. The van der Waals surface area contributed by atoms with Gasteiger partial charge in [0, 0.05) is 18.6 Å². The van der Waals surface area contributed by atoms with Gasteiger partial charge in [-0.2, -0.15) is 4.99 Å². The van der Waals surface area contributed by atoms with E-state index in [2.05, 4.69) is 18.2 Å². The first-order valence-corrected chi connectivity index (χ1v) is 5.23. The van der Waals surface area contributed by atoms with Crippen LogP contribution < -0.4 is 0 Å². The molecule has 0 amide bonds. The van der Waals surface area contributed by atoms with Crippen molar-refractivity contribution in [3.63, 3.8) is 0 Å². The third-order valence-electron chi connectivity index (χ3n) is 2.26. The van der Waals surface area contributed by atoms with Gasteiger partial charge in [0.15, 0.2) is 0 Å². The van der Waals surface area contributed by atoms with Crippen LogP contribution in [0.25, 0.3) is 0 Å². The van der Waals surface area contributed by atoms with Crippen LogP contribution in [0.4, 0.5) is 0 Å². The lowest BCUT2D eigenvalue weighted by Gasteiger charge is -2.33. The third kappa shape index (κ3) is 3.99. The molecule has 0 aliphatic carbocycles. The lowest BCUT2D eigenvalue weighted by molar-refractivity contribution is -0.229. The van der Waals surface area contributed by atoms with E-state index in [4.69, 9.17) is 9.47 Å². The van der Waals surface area contributed by atoms with Gasteiger partial charge in [-0.05, 0) is 6.92 Å². The van der Waals surface area contributed by atoms with Crippen LogP contribution in [0.15, 0.2) is 30.3 Å². The zero-order valence-corrected chi connectivity index (χ0v) is 10.3. The molecule has 0 saturated carbocycles. The molecule has 0 radical (unpaired) electrons. The highest BCUT2D eigenvalue weighted by atomic mass is 16.7. The van der Waals surface area contributed by atoms with Crippen LogP contribution >= 0.6 is 0 Å². The molecule has 0 N–H and O–H groups in total. The van der Waals surface area contributed by atoms with Gasteiger partial charge in [0.2, 0.25) is 6.08 Å². The number of hydrogen-bond acceptors (Lipinski definition) is 6. The molecule has 0 aliphatic heterocycles. The Morgan fingerprint density at radius 1 is 1.33 bits per heavy atom. The zero-order chi connectivity index (χ0) is 14.2. The molecule has 0 aromatic heterocycles. The van der Waals surface area contributed by atoms with Gasteiger partial charge in [-0.1, -0.05) is 20.1 Å². The maximum atomic E-state index is 11.3. The smallest absolute Gasteiger partial charge is 0.333 e. The Balaban J connectivity index is 5.35. The summed E-state index contributed by atoms with van der Waals surface area (Å²) in [7, 11) is 0. The van der Waals surface area contributed by atoms with E-state index < -0.39 is 23.8 Å². The highest BCUT2D eigenvalue weighted by Gasteiger charge is 2.42. The average molecular weight is 253 g/mol. The fourth-order valence-electron chi connectivity index (χ4n) is 1.23. The molecule has 0 heterocycles. The topological polar surface area (TPSA) is 82.0 Å². The van der Waals surface area contributed by atoms with Crippen LogP contribution in [0.1, 0.15) is 20.3 Å². The van der Waals surface area contributed by atoms with Crippen molar-refractivity contribution >= 4 is 18.0 Å². The van der Waals surface area contributed by atoms with E-state index in [1.54, 1.807) is 6.92 Å². The van der Waals surface area contributed by atoms with Gasteiger partial charge in [-0.25, -0.2) is 14.4 Å². The van der Waals surface area contributed by atoms with Crippen molar-refractivity contribution in [2.45, 2.75) is 32.1 Å². The maximum Gasteiger partial charge on any atom is 0.333 e. The Morgan fingerprint density at radius 3 is 2.06 bits per heavy atom. The molecule has 0 aromatic carbocycles. The number of esters is 2. The minimum absolute atomic E-state index is 0.110. The van der Waals surface area contributed by atoms with Gasteiger partial charge in [-0.15, -0.1) is 0 Å². The lowest BCUT2D eigenvalue weighted by Crippen LogP contribution is -2.47. The van der Waals surface area contributed by atoms with Crippen LogP contribution in [0.2, 0.25) is 0 Å². The van der Waals surface area contributed by atoms with Crippen molar-refractivity contribution in [1.82, 2.24) is 0 Å². The monoisotopic (exact) mass is 253 g/mol. The second-order valence-corrected chi connectivity index (χ2v) is 3.31. The van der Waals surface area contributed by atoms with Gasteiger partial charge < -0.3 is 9.47 Å². The van der Waals surface area contributed by atoms with Crippen molar-refractivity contribution in [1.29, 1.82) is 0 Å². The first kappa shape index (κ1) is 15.8. The Kier molecular flexibility index (Phi) is 6.31. The van der Waals surface area contributed by atoms with Crippen LogP contribution in [0.3, 0.4) is 0 Å². The lowest BCUT2D eigenvalue weighted by atomic mass is 10.1. The second-order valence-electron chi connectivity index (χ2n) is 3.31. The quantitative estimate of drug-likeness (QED) is 0.224. The van der Waals surface area contributed by atoms with Gasteiger partial charge >= 0.3 is 11.9 Å². The van der Waals surface area contributed by atoms with E-state index in [1.165, 1.54) is 13.0 Å². The summed E-state index contributed by atoms with van der Waals surface area (Å²) in [6, 6.07) is -0.896. The van der Waals surface area contributed by atoms with Gasteiger partial charge in [0.25, 0.3) is 5.79 Å². The summed E-state index contributed by atoms with van der Waals surface area (Å²) in [5, 5.41) is 0. The molecule has 0 aliphatic rings. The number of carbonyl (C=O) groups excluding carboxylic acids is 3. The predicted molar refractivity (Wildman–Crippen MR) is 63.2 cm³/mol. The van der Waals surface area contributed by atoms with E-state index in [9.17, 15) is 14.4 Å². The molecule has 1 atom stereocenters. The van der Waals surface area contributed by atoms with Crippen LogP contribution in [0.5, 0.6) is 0 Å². The molecule has 0 spiro atoms. The second kappa shape index (κ2) is 7.19. The summed E-state index contributed by atoms with van der Waals surface area (Å²) < 4.78 is 10.0. The number of hydrogen-bond donors (Lipinski definition) is 0. The van der Waals surface area contributed by atoms with E-state index in [0.717, 1.165) is 12.2 Å². The predicted octanol–water partition coefficient (Wildman–Crippen LogP) is 1.28. The minimum atomic E-state index is -1.67. The van der Waals surface area contributed by atoms with Crippen molar-refractivity contribution in [3.8, 4) is 0 Å². The number of ether oxygens (including phenoxy) is 2. The number of aliphatic imine (C=N–C) groups is 1. The molecule has 6 heteroatoms. The van der Waals surface area contributed by atoms with Crippen molar-refractivity contribution in [2.75, 3.05) is 0 Å². The SMILES string of the molecule is C=CC(=O)OC(CC)(OC(=O)C=C)C(C)N=C=O. The Morgan fingerprint density at radius 2 is 1.78 bits per heavy atom. The van der Waals surface area contributed by atoms with E-state index >= 15 is 0 Å². The highest BCUT2D eigenvalue weighted by molar-refractivity contribution is 5.83. The third-order valence-corrected chi connectivity index (χ3v) is 2.26. The fraction of sp³-hybridized carbons (Fsp3) is 0.417. The summed E-state index contributed by atoms with van der Waals surface area (Å²) >= 11 is 0. The number of carbonyl (C=O) groups is 2. The molecule has 6 nitrogen and oxygen atoms in total. The van der Waals surface area contributed by atoms with Crippen LogP contribution in [0, 0.1) is 0 Å². The molecule has 98 valence electrons. The van der Waals surface area contributed by atoms with Crippen molar-refractivity contribution in [2.24, 2.45) is 4.99 Å². The Labute approximate surface area is 105 Å². The van der Waals surface area contributed by atoms with Gasteiger partial charge in [0.05, 0.1) is 0 Å². The first-order valence-electron chi connectivity index (χ1n) is 5.23. The molecule has 0 rings (SSSR count). The van der Waals surface area contributed by atoms with E-state index in [0.29, 0.717) is 0 Å². The molecule has 0 saturated heterocycles. The highest BCUT2D eigenvalue weighted by Crippen LogP contribution is 2.25. The molecule has 0 fully saturated rings. The number of nitrogens with zero attached hydrogens (tertiary/aromatic N) is 1. The Bertz CT molecular complexity index is 373. The summed E-state index contributed by atoms with van der Waals surface area (Å²) in [6.07, 6.45) is 3.28. The van der Waals surface area contributed by atoms with E-state index in [1.807, 2.05) is 0 Å². The van der Waals surface area contributed by atoms with E-state index in [-0.39, 0.29) is 6.42 Å². The minimum Gasteiger partial charge on any atom is -0.417 e. The summed E-state index contributed by atoms with van der Waals surface area (Å²) in [5.41, 5.74) is 0. The summed E-state index contributed by atoms with van der Waals surface area (Å²) in [6.45, 7) is 9.56. The number of isocyanates is 1. The average Bonchev–Trinajstić information content (AvgIpc) is 2.37. The fourth-order valence-corrected chi connectivity index (χ4v) is 1.23. The number of rotatable bonds is 7. The molecular formula is C12H15NO5. The normalized spacial score (nSPS) is 11.7. The standard InChI is InChI=1S/C12H15NO5/c1-5-10(15)17-12(7-3,9(4)13-8-14)18-11(16)6-2/h5-6,9H,1-2,7H2,3-4H3. The first-order chi connectivity index (χ1) is 8.45. The molecule has 18 heavy (non-hydrogen) atoms. The van der Waals surface area contributed by atoms with Crippen molar-refractivity contribution in [3.05, 3.63) is 25.3 Å². The molecule has 0 aromatic rings. The zero-order valence-electron chi connectivity index (χ0n) is 10.3. The molecular weight excluding hydrogens is 238 g/mol. The van der Waals surface area contributed by atoms with Crippen LogP contribution in [-0.4, -0.2) is 29.8 Å². The van der Waals surface area contributed by atoms with Gasteiger partial charge in [0.1, 0.15) is 6.04 Å². The van der Waals surface area contributed by atoms with Crippen LogP contribution in [-0.2, 0) is 23.9 Å². The van der Waals surface area contributed by atoms with Crippen molar-refractivity contribution < 1.29 is 23.9 Å². The summed E-state index contributed by atoms with van der Waals surface area (Å²) in [5.74, 6) is -3.25.